The monoisotopic (exact) mass is 327 g/mol. The van der Waals surface area contributed by atoms with Crippen molar-refractivity contribution in [1.82, 2.24) is 10.3 Å². The lowest BCUT2D eigenvalue weighted by molar-refractivity contribution is 0.0948. The van der Waals surface area contributed by atoms with Crippen molar-refractivity contribution in [3.8, 4) is 0 Å². The van der Waals surface area contributed by atoms with Gasteiger partial charge in [-0.05, 0) is 42.2 Å². The van der Waals surface area contributed by atoms with Crippen LogP contribution < -0.4 is 10.6 Å². The first-order chi connectivity index (χ1) is 11.6. The molecule has 0 aliphatic carbocycles. The van der Waals surface area contributed by atoms with E-state index < -0.39 is 0 Å². The second-order valence-electron chi connectivity index (χ2n) is 5.94. The van der Waals surface area contributed by atoms with E-state index in [2.05, 4.69) is 41.6 Å². The van der Waals surface area contributed by atoms with Crippen LogP contribution in [-0.4, -0.2) is 31.2 Å². The maximum Gasteiger partial charge on any atom is 0.252 e. The summed E-state index contributed by atoms with van der Waals surface area (Å²) < 4.78 is 4.95. The van der Waals surface area contributed by atoms with Crippen LogP contribution in [0.25, 0.3) is 0 Å². The van der Waals surface area contributed by atoms with Gasteiger partial charge in [0, 0.05) is 32.1 Å². The predicted molar refractivity (Wildman–Crippen MR) is 96.9 cm³/mol. The quantitative estimate of drug-likeness (QED) is 0.726. The smallest absolute Gasteiger partial charge is 0.252 e. The molecule has 0 aliphatic heterocycles. The van der Waals surface area contributed by atoms with Gasteiger partial charge in [0.25, 0.3) is 5.91 Å². The van der Waals surface area contributed by atoms with Crippen molar-refractivity contribution in [1.29, 1.82) is 0 Å². The van der Waals surface area contributed by atoms with Crippen molar-refractivity contribution in [2.75, 3.05) is 25.6 Å². The molecule has 1 aromatic heterocycles. The van der Waals surface area contributed by atoms with Gasteiger partial charge in [0.15, 0.2) is 0 Å². The van der Waals surface area contributed by atoms with Crippen molar-refractivity contribution in [3.05, 3.63) is 53.7 Å². The first kappa shape index (κ1) is 17.9. The fraction of sp³-hybridized carbons (Fsp3) is 0.368. The third kappa shape index (κ3) is 5.35. The van der Waals surface area contributed by atoms with Gasteiger partial charge in [-0.3, -0.25) is 4.79 Å². The van der Waals surface area contributed by atoms with Gasteiger partial charge in [-0.1, -0.05) is 26.0 Å². The number of carbonyl (C=O) groups excluding carboxylic acids is 1. The van der Waals surface area contributed by atoms with E-state index in [1.807, 2.05) is 12.1 Å². The number of ether oxygens (including phenoxy) is 1. The second-order valence-corrected chi connectivity index (χ2v) is 5.94. The number of benzene rings is 1. The highest BCUT2D eigenvalue weighted by Gasteiger charge is 2.06. The molecule has 0 fully saturated rings. The Balaban J connectivity index is 1.90. The van der Waals surface area contributed by atoms with Crippen molar-refractivity contribution < 1.29 is 9.53 Å². The van der Waals surface area contributed by atoms with Gasteiger partial charge in [-0.2, -0.15) is 0 Å². The van der Waals surface area contributed by atoms with E-state index >= 15 is 0 Å². The van der Waals surface area contributed by atoms with Crippen LogP contribution in [-0.2, 0) is 4.74 Å². The maximum atomic E-state index is 12.0. The van der Waals surface area contributed by atoms with Crippen LogP contribution >= 0.6 is 0 Å². The van der Waals surface area contributed by atoms with E-state index in [1.165, 1.54) is 5.56 Å². The zero-order valence-electron chi connectivity index (χ0n) is 14.5. The molecule has 0 bridgehead atoms. The molecule has 0 aliphatic rings. The van der Waals surface area contributed by atoms with E-state index in [1.54, 1.807) is 25.4 Å². The summed E-state index contributed by atoms with van der Waals surface area (Å²) in [5.41, 5.74) is 2.82. The van der Waals surface area contributed by atoms with Gasteiger partial charge in [0.2, 0.25) is 0 Å². The van der Waals surface area contributed by atoms with Crippen LogP contribution in [0.1, 0.15) is 42.1 Å². The highest BCUT2D eigenvalue weighted by atomic mass is 16.5. The maximum absolute atomic E-state index is 12.0. The first-order valence-electron chi connectivity index (χ1n) is 8.20. The first-order valence-corrected chi connectivity index (χ1v) is 8.20. The van der Waals surface area contributed by atoms with Gasteiger partial charge in [-0.25, -0.2) is 4.98 Å². The van der Waals surface area contributed by atoms with Crippen LogP contribution in [0.2, 0.25) is 0 Å². The van der Waals surface area contributed by atoms with Crippen LogP contribution in [0.3, 0.4) is 0 Å². The molecule has 5 nitrogen and oxygen atoms in total. The summed E-state index contributed by atoms with van der Waals surface area (Å²) in [6, 6.07) is 11.9. The van der Waals surface area contributed by atoms with Crippen molar-refractivity contribution in [2.45, 2.75) is 26.2 Å². The Morgan fingerprint density at radius 2 is 1.92 bits per heavy atom. The standard InChI is InChI=1S/C19H25N3O2/c1-14(2)15-5-8-17(9-6-15)22-18-10-7-16(13-21-18)19(23)20-11-4-12-24-3/h5-10,13-14H,4,11-12H2,1-3H3,(H,20,23)(H,21,22). The van der Waals surface area contributed by atoms with E-state index in [-0.39, 0.29) is 5.91 Å². The van der Waals surface area contributed by atoms with Crippen LogP contribution in [0.4, 0.5) is 11.5 Å². The van der Waals surface area contributed by atoms with Gasteiger partial charge >= 0.3 is 0 Å². The number of hydrogen-bond donors (Lipinski definition) is 2. The highest BCUT2D eigenvalue weighted by Crippen LogP contribution is 2.19. The Morgan fingerprint density at radius 1 is 1.17 bits per heavy atom. The Morgan fingerprint density at radius 3 is 2.50 bits per heavy atom. The molecule has 1 aromatic carbocycles. The normalized spacial score (nSPS) is 10.7. The zero-order valence-corrected chi connectivity index (χ0v) is 14.5. The second kappa shape index (κ2) is 9.03. The van der Waals surface area contributed by atoms with E-state index in [0.29, 0.717) is 30.5 Å². The summed E-state index contributed by atoms with van der Waals surface area (Å²) in [6.07, 6.45) is 2.37. The molecule has 1 heterocycles. The van der Waals surface area contributed by atoms with Gasteiger partial charge in [0.1, 0.15) is 5.82 Å². The fourth-order valence-corrected chi connectivity index (χ4v) is 2.22. The molecular formula is C19H25N3O2. The minimum Gasteiger partial charge on any atom is -0.385 e. The van der Waals surface area contributed by atoms with E-state index in [0.717, 1.165) is 12.1 Å². The van der Waals surface area contributed by atoms with Crippen LogP contribution in [0, 0.1) is 0 Å². The minimum atomic E-state index is -0.119. The predicted octanol–water partition coefficient (Wildman–Crippen LogP) is 3.71. The summed E-state index contributed by atoms with van der Waals surface area (Å²) in [4.78, 5) is 16.3. The number of amides is 1. The summed E-state index contributed by atoms with van der Waals surface area (Å²) in [6.45, 7) is 5.57. The molecule has 0 radical (unpaired) electrons. The Bertz CT molecular complexity index is 637. The van der Waals surface area contributed by atoms with Crippen molar-refractivity contribution in [2.24, 2.45) is 0 Å². The third-order valence-corrected chi connectivity index (χ3v) is 3.69. The molecule has 0 saturated carbocycles. The number of aromatic nitrogens is 1. The average Bonchev–Trinajstić information content (AvgIpc) is 2.59. The molecule has 0 spiro atoms. The number of pyridine rings is 1. The lowest BCUT2D eigenvalue weighted by Crippen LogP contribution is -2.25. The SMILES string of the molecule is COCCCNC(=O)c1ccc(Nc2ccc(C(C)C)cc2)nc1. The highest BCUT2D eigenvalue weighted by molar-refractivity contribution is 5.94. The van der Waals surface area contributed by atoms with E-state index in [4.69, 9.17) is 4.74 Å². The van der Waals surface area contributed by atoms with Crippen LogP contribution in [0.15, 0.2) is 42.6 Å². The number of nitrogens with zero attached hydrogens (tertiary/aromatic N) is 1. The van der Waals surface area contributed by atoms with Crippen LogP contribution in [0.5, 0.6) is 0 Å². The number of nitrogens with one attached hydrogen (secondary N) is 2. The number of hydrogen-bond acceptors (Lipinski definition) is 4. The number of carbonyl (C=O) groups is 1. The molecule has 24 heavy (non-hydrogen) atoms. The number of anilines is 2. The van der Waals surface area contributed by atoms with Crippen molar-refractivity contribution in [3.63, 3.8) is 0 Å². The molecule has 128 valence electrons. The van der Waals surface area contributed by atoms with E-state index in [9.17, 15) is 4.79 Å². The zero-order chi connectivity index (χ0) is 17.4. The Hall–Kier alpha value is -2.40. The Labute approximate surface area is 143 Å². The lowest BCUT2D eigenvalue weighted by atomic mass is 10.0. The lowest BCUT2D eigenvalue weighted by Gasteiger charge is -2.09. The topological polar surface area (TPSA) is 63.2 Å². The molecule has 0 atom stereocenters. The molecule has 0 unspecified atom stereocenters. The Kier molecular flexibility index (Phi) is 6.75. The summed E-state index contributed by atoms with van der Waals surface area (Å²) >= 11 is 0. The molecule has 2 aromatic rings. The average molecular weight is 327 g/mol. The molecule has 1 amide bonds. The number of rotatable bonds is 8. The van der Waals surface area contributed by atoms with Crippen molar-refractivity contribution >= 4 is 17.4 Å². The third-order valence-electron chi connectivity index (χ3n) is 3.69. The largest absolute Gasteiger partial charge is 0.385 e. The summed E-state index contributed by atoms with van der Waals surface area (Å²) in [5.74, 6) is 1.11. The molecular weight excluding hydrogens is 302 g/mol. The molecule has 2 N–H and O–H groups in total. The molecule has 5 heteroatoms. The fourth-order valence-electron chi connectivity index (χ4n) is 2.22. The number of methoxy groups -OCH3 is 1. The minimum absolute atomic E-state index is 0.119. The summed E-state index contributed by atoms with van der Waals surface area (Å²) in [5, 5.41) is 6.08. The van der Waals surface area contributed by atoms with Gasteiger partial charge in [0.05, 0.1) is 5.56 Å². The van der Waals surface area contributed by atoms with Gasteiger partial charge < -0.3 is 15.4 Å². The summed E-state index contributed by atoms with van der Waals surface area (Å²) in [7, 11) is 1.65. The molecule has 2 rings (SSSR count). The van der Waals surface area contributed by atoms with Gasteiger partial charge in [-0.15, -0.1) is 0 Å². The molecule has 0 saturated heterocycles.